The van der Waals surface area contributed by atoms with Crippen LogP contribution in [0, 0.1) is 5.92 Å². The van der Waals surface area contributed by atoms with Gasteiger partial charge in [-0.15, -0.1) is 24.8 Å². The molecule has 1 aliphatic rings. The van der Waals surface area contributed by atoms with Gasteiger partial charge in [0.2, 0.25) is 9.84 Å². The van der Waals surface area contributed by atoms with Crippen molar-refractivity contribution in [2.45, 2.75) is 30.3 Å². The monoisotopic (exact) mass is 520 g/mol. The summed E-state index contributed by atoms with van der Waals surface area (Å²) in [7, 11) is -3.82. The van der Waals surface area contributed by atoms with Crippen molar-refractivity contribution in [2.75, 3.05) is 31.1 Å². The number of aromatic nitrogens is 2. The Bertz CT molecular complexity index is 1390. The molecule has 3 aromatic carbocycles. The van der Waals surface area contributed by atoms with Crippen LogP contribution in [0.2, 0.25) is 0 Å². The lowest BCUT2D eigenvalue weighted by molar-refractivity contribution is 0.485. The molecule has 9 heteroatoms. The predicted molar refractivity (Wildman–Crippen MR) is 144 cm³/mol. The van der Waals surface area contributed by atoms with E-state index in [2.05, 4.69) is 35.2 Å². The second-order valence-electron chi connectivity index (χ2n) is 8.80. The number of nitrogens with one attached hydrogen (secondary N) is 1. The highest BCUT2D eigenvalue weighted by molar-refractivity contribution is 7.91. The standard InChI is InChI=1S/C25H28N4O2S.2ClH/c1-18(2)17-29-23-11-10-20(28-14-12-26-13-15-28)16-22(23)25(27-29)32(30,31)24-9-5-7-19-6-3-4-8-21(19)24;;/h3-11,16,18,26H,12-15,17H2,1-2H3;2*1H. The summed E-state index contributed by atoms with van der Waals surface area (Å²) in [6, 6.07) is 19.1. The summed E-state index contributed by atoms with van der Waals surface area (Å²) in [4.78, 5) is 2.60. The minimum atomic E-state index is -3.82. The third-order valence-corrected chi connectivity index (χ3v) is 7.76. The summed E-state index contributed by atoms with van der Waals surface area (Å²) in [5.74, 6) is 0.346. The fraction of sp³-hybridized carbons (Fsp3) is 0.320. The van der Waals surface area contributed by atoms with Gasteiger partial charge in [-0.3, -0.25) is 4.68 Å². The lowest BCUT2D eigenvalue weighted by Gasteiger charge is -2.29. The van der Waals surface area contributed by atoms with Crippen LogP contribution in [-0.2, 0) is 16.4 Å². The minimum absolute atomic E-state index is 0. The molecule has 1 saturated heterocycles. The number of benzene rings is 3. The van der Waals surface area contributed by atoms with Crippen LogP contribution in [0.15, 0.2) is 70.6 Å². The Morgan fingerprint density at radius 2 is 1.65 bits per heavy atom. The molecule has 1 aromatic heterocycles. The molecule has 2 heterocycles. The van der Waals surface area contributed by atoms with E-state index >= 15 is 0 Å². The Morgan fingerprint density at radius 3 is 2.38 bits per heavy atom. The Hall–Kier alpha value is -2.32. The number of halogens is 2. The zero-order valence-corrected chi connectivity index (χ0v) is 21.7. The first-order valence-corrected chi connectivity index (χ1v) is 12.6. The number of sulfone groups is 1. The molecule has 1 N–H and O–H groups in total. The van der Waals surface area contributed by atoms with Crippen LogP contribution >= 0.6 is 24.8 Å². The van der Waals surface area contributed by atoms with E-state index in [9.17, 15) is 8.42 Å². The number of nitrogens with zero attached hydrogens (tertiary/aromatic N) is 3. The summed E-state index contributed by atoms with van der Waals surface area (Å²) in [6.07, 6.45) is 0. The topological polar surface area (TPSA) is 67.2 Å². The smallest absolute Gasteiger partial charge is 0.226 e. The van der Waals surface area contributed by atoms with Crippen LogP contribution in [0.1, 0.15) is 13.8 Å². The number of anilines is 1. The zero-order valence-electron chi connectivity index (χ0n) is 19.3. The maximum atomic E-state index is 13.9. The molecule has 0 aliphatic carbocycles. The highest BCUT2D eigenvalue weighted by atomic mass is 35.5. The second-order valence-corrected chi connectivity index (χ2v) is 10.6. The molecule has 1 aliphatic heterocycles. The van der Waals surface area contributed by atoms with Crippen molar-refractivity contribution in [1.82, 2.24) is 15.1 Å². The molecule has 4 aromatic rings. The Kier molecular flexibility index (Phi) is 8.14. The van der Waals surface area contributed by atoms with E-state index in [0.29, 0.717) is 22.7 Å². The third-order valence-electron chi connectivity index (χ3n) is 6.01. The van der Waals surface area contributed by atoms with Crippen molar-refractivity contribution in [3.63, 3.8) is 0 Å². The van der Waals surface area contributed by atoms with Gasteiger partial charge in [-0.1, -0.05) is 50.2 Å². The van der Waals surface area contributed by atoms with Crippen molar-refractivity contribution in [3.05, 3.63) is 60.7 Å². The van der Waals surface area contributed by atoms with Crippen molar-refractivity contribution < 1.29 is 8.42 Å². The van der Waals surface area contributed by atoms with E-state index in [4.69, 9.17) is 0 Å². The molecule has 5 rings (SSSR count). The fourth-order valence-corrected chi connectivity index (χ4v) is 6.08. The van der Waals surface area contributed by atoms with Gasteiger partial charge >= 0.3 is 0 Å². The summed E-state index contributed by atoms with van der Waals surface area (Å²) >= 11 is 0. The Labute approximate surface area is 213 Å². The quantitative estimate of drug-likeness (QED) is 0.404. The van der Waals surface area contributed by atoms with E-state index in [0.717, 1.165) is 48.2 Å². The molecule has 0 amide bonds. The van der Waals surface area contributed by atoms with Gasteiger partial charge in [0, 0.05) is 49.2 Å². The molecule has 0 bridgehead atoms. The largest absolute Gasteiger partial charge is 0.369 e. The first-order chi connectivity index (χ1) is 15.4. The zero-order chi connectivity index (χ0) is 22.3. The number of rotatable bonds is 5. The van der Waals surface area contributed by atoms with Crippen molar-refractivity contribution in [1.29, 1.82) is 0 Å². The predicted octanol–water partition coefficient (Wildman–Crippen LogP) is 4.93. The van der Waals surface area contributed by atoms with Gasteiger partial charge in [0.15, 0.2) is 5.03 Å². The minimum Gasteiger partial charge on any atom is -0.369 e. The molecule has 34 heavy (non-hydrogen) atoms. The van der Waals surface area contributed by atoms with Gasteiger partial charge in [-0.2, -0.15) is 5.10 Å². The maximum absolute atomic E-state index is 13.9. The lowest BCUT2D eigenvalue weighted by atomic mass is 10.1. The molecule has 0 atom stereocenters. The maximum Gasteiger partial charge on any atom is 0.226 e. The number of fused-ring (bicyclic) bond motifs is 2. The fourth-order valence-electron chi connectivity index (χ4n) is 4.48. The summed E-state index contributed by atoms with van der Waals surface area (Å²) in [6.45, 7) is 8.53. The summed E-state index contributed by atoms with van der Waals surface area (Å²) < 4.78 is 29.7. The Balaban J connectivity index is 0.00000162. The highest BCUT2D eigenvalue weighted by Gasteiger charge is 2.28. The normalized spacial score (nSPS) is 14.3. The molecule has 0 spiro atoms. The van der Waals surface area contributed by atoms with Crippen LogP contribution in [0.5, 0.6) is 0 Å². The number of hydrogen-bond donors (Lipinski definition) is 1. The first-order valence-electron chi connectivity index (χ1n) is 11.1. The van der Waals surface area contributed by atoms with Gasteiger partial charge < -0.3 is 10.2 Å². The third kappa shape index (κ3) is 4.75. The van der Waals surface area contributed by atoms with Crippen LogP contribution in [0.4, 0.5) is 5.69 Å². The second kappa shape index (κ2) is 10.5. The lowest BCUT2D eigenvalue weighted by Crippen LogP contribution is -2.43. The molecular weight excluding hydrogens is 491 g/mol. The van der Waals surface area contributed by atoms with E-state index in [1.54, 1.807) is 12.1 Å². The summed E-state index contributed by atoms with van der Waals surface area (Å²) in [5, 5.41) is 10.5. The molecule has 0 saturated carbocycles. The highest BCUT2D eigenvalue weighted by Crippen LogP contribution is 2.34. The van der Waals surface area contributed by atoms with Gasteiger partial charge in [0.1, 0.15) is 0 Å². The van der Waals surface area contributed by atoms with Crippen molar-refractivity contribution in [3.8, 4) is 0 Å². The van der Waals surface area contributed by atoms with Gasteiger partial charge in [0.25, 0.3) is 0 Å². The van der Waals surface area contributed by atoms with E-state index in [-0.39, 0.29) is 29.8 Å². The molecule has 6 nitrogen and oxygen atoms in total. The molecular formula is C25H30Cl2N4O2S. The van der Waals surface area contributed by atoms with Gasteiger partial charge in [0.05, 0.1) is 10.4 Å². The SMILES string of the molecule is CC(C)Cn1nc(S(=O)(=O)c2cccc3ccccc23)c2cc(N3CCNCC3)ccc21.Cl.Cl. The average Bonchev–Trinajstić information content (AvgIpc) is 3.17. The first kappa shape index (κ1) is 26.3. The molecule has 0 radical (unpaired) electrons. The summed E-state index contributed by atoms with van der Waals surface area (Å²) in [5.41, 5.74) is 1.90. The Morgan fingerprint density at radius 1 is 0.941 bits per heavy atom. The van der Waals surface area contributed by atoms with Crippen molar-refractivity contribution >= 4 is 62.0 Å². The van der Waals surface area contributed by atoms with E-state index in [1.165, 1.54) is 0 Å². The number of piperazine rings is 1. The van der Waals surface area contributed by atoms with Gasteiger partial charge in [-0.25, -0.2) is 8.42 Å². The van der Waals surface area contributed by atoms with E-state index < -0.39 is 9.84 Å². The van der Waals surface area contributed by atoms with Crippen LogP contribution in [0.3, 0.4) is 0 Å². The van der Waals surface area contributed by atoms with Crippen LogP contribution in [0.25, 0.3) is 21.7 Å². The van der Waals surface area contributed by atoms with E-state index in [1.807, 2.05) is 47.1 Å². The number of hydrogen-bond acceptors (Lipinski definition) is 5. The van der Waals surface area contributed by atoms with Gasteiger partial charge in [-0.05, 0) is 35.6 Å². The van der Waals surface area contributed by atoms with Crippen LogP contribution in [-0.4, -0.2) is 44.4 Å². The van der Waals surface area contributed by atoms with Crippen molar-refractivity contribution in [2.24, 2.45) is 5.92 Å². The molecule has 1 fully saturated rings. The average molecular weight is 522 g/mol. The van der Waals surface area contributed by atoms with Crippen LogP contribution < -0.4 is 10.2 Å². The molecule has 0 unspecified atom stereocenters. The molecule has 182 valence electrons.